The van der Waals surface area contributed by atoms with Crippen LogP contribution in [-0.4, -0.2) is 25.7 Å². The summed E-state index contributed by atoms with van der Waals surface area (Å²) in [5, 5.41) is 2.80. The zero-order chi connectivity index (χ0) is 14.1. The Bertz CT molecular complexity index is 407. The second-order valence-electron chi connectivity index (χ2n) is 4.54. The molecule has 0 atom stereocenters. The number of unbranched alkanes of at least 4 members (excludes halogenated alkanes) is 1. The lowest BCUT2D eigenvalue weighted by Crippen LogP contribution is -2.25. The van der Waals surface area contributed by atoms with Crippen molar-refractivity contribution < 1.29 is 13.9 Å². The van der Waals surface area contributed by atoms with E-state index in [1.807, 2.05) is 0 Å². The summed E-state index contributed by atoms with van der Waals surface area (Å²) in [6.45, 7) is 5.77. The lowest BCUT2D eigenvalue weighted by molar-refractivity contribution is 0.0940. The fourth-order valence-electron chi connectivity index (χ4n) is 1.61. The van der Waals surface area contributed by atoms with E-state index in [2.05, 4.69) is 12.2 Å². The van der Waals surface area contributed by atoms with Crippen LogP contribution in [0.2, 0.25) is 0 Å². The minimum atomic E-state index is -0.291. The molecule has 1 N–H and O–H groups in total. The van der Waals surface area contributed by atoms with Gasteiger partial charge in [-0.2, -0.15) is 0 Å². The molecular weight excluding hydrogens is 245 g/mol. The highest BCUT2D eigenvalue weighted by molar-refractivity contribution is 5.94. The second-order valence-corrected chi connectivity index (χ2v) is 4.54. The summed E-state index contributed by atoms with van der Waals surface area (Å²) < 4.78 is 18.5. The first-order chi connectivity index (χ1) is 9.15. The van der Waals surface area contributed by atoms with Crippen molar-refractivity contribution in [1.82, 2.24) is 5.32 Å². The van der Waals surface area contributed by atoms with Gasteiger partial charge in [0.2, 0.25) is 0 Å². The van der Waals surface area contributed by atoms with E-state index in [4.69, 9.17) is 4.74 Å². The first kappa shape index (κ1) is 15.6. The van der Waals surface area contributed by atoms with Gasteiger partial charge in [0.05, 0.1) is 0 Å². The number of carbonyl (C=O) groups is 1. The number of benzene rings is 1. The highest BCUT2D eigenvalue weighted by Crippen LogP contribution is 2.08. The van der Waals surface area contributed by atoms with Gasteiger partial charge in [-0.15, -0.1) is 0 Å². The molecule has 3 nitrogen and oxygen atoms in total. The van der Waals surface area contributed by atoms with Crippen LogP contribution in [0.25, 0.3) is 0 Å². The van der Waals surface area contributed by atoms with Gasteiger partial charge in [0, 0.05) is 25.3 Å². The number of halogens is 1. The summed E-state index contributed by atoms with van der Waals surface area (Å²) in [5.41, 5.74) is 0.973. The Kier molecular flexibility index (Phi) is 7.11. The Morgan fingerprint density at radius 1 is 1.32 bits per heavy atom. The van der Waals surface area contributed by atoms with Gasteiger partial charge in [-0.05, 0) is 43.5 Å². The molecule has 0 fully saturated rings. The van der Waals surface area contributed by atoms with Crippen LogP contribution in [0.5, 0.6) is 0 Å². The van der Waals surface area contributed by atoms with Crippen molar-refractivity contribution in [2.24, 2.45) is 0 Å². The lowest BCUT2D eigenvalue weighted by Gasteiger charge is -2.07. The van der Waals surface area contributed by atoms with E-state index >= 15 is 0 Å². The average molecular weight is 267 g/mol. The molecule has 0 saturated heterocycles. The number of ether oxygens (including phenoxy) is 1. The van der Waals surface area contributed by atoms with Crippen molar-refractivity contribution in [3.05, 3.63) is 35.1 Å². The summed E-state index contributed by atoms with van der Waals surface area (Å²) in [4.78, 5) is 11.8. The Labute approximate surface area is 114 Å². The van der Waals surface area contributed by atoms with Crippen molar-refractivity contribution in [2.75, 3.05) is 19.8 Å². The van der Waals surface area contributed by atoms with Gasteiger partial charge >= 0.3 is 0 Å². The number of hydrogen-bond donors (Lipinski definition) is 1. The topological polar surface area (TPSA) is 38.3 Å². The average Bonchev–Trinajstić information content (AvgIpc) is 2.40. The summed E-state index contributed by atoms with van der Waals surface area (Å²) in [7, 11) is 0. The van der Waals surface area contributed by atoms with E-state index in [1.54, 1.807) is 13.0 Å². The lowest BCUT2D eigenvalue weighted by atomic mass is 10.1. The SMILES string of the molecule is CCCCOCCCNC(=O)c1ccc(F)c(C)c1. The fraction of sp³-hybridized carbons (Fsp3) is 0.533. The summed E-state index contributed by atoms with van der Waals surface area (Å²) in [5.74, 6) is -0.461. The number of aryl methyl sites for hydroxylation is 1. The molecule has 0 radical (unpaired) electrons. The Morgan fingerprint density at radius 2 is 2.05 bits per heavy atom. The standard InChI is InChI=1S/C15H22FNO2/c1-3-4-9-19-10-5-8-17-15(18)13-6-7-14(16)12(2)11-13/h6-7,11H,3-5,8-10H2,1-2H3,(H,17,18). The van der Waals surface area contributed by atoms with Gasteiger partial charge in [-0.25, -0.2) is 4.39 Å². The van der Waals surface area contributed by atoms with Crippen LogP contribution < -0.4 is 5.32 Å². The first-order valence-electron chi connectivity index (χ1n) is 6.77. The molecular formula is C15H22FNO2. The number of rotatable bonds is 8. The molecule has 0 heterocycles. The third-order valence-corrected chi connectivity index (χ3v) is 2.81. The normalized spacial score (nSPS) is 10.5. The quantitative estimate of drug-likeness (QED) is 0.735. The zero-order valence-corrected chi connectivity index (χ0v) is 11.7. The molecule has 0 aliphatic heterocycles. The van der Waals surface area contributed by atoms with Gasteiger partial charge in [-0.1, -0.05) is 13.3 Å². The molecule has 1 aromatic carbocycles. The number of amides is 1. The van der Waals surface area contributed by atoms with Crippen molar-refractivity contribution in [3.8, 4) is 0 Å². The molecule has 0 spiro atoms. The van der Waals surface area contributed by atoms with E-state index < -0.39 is 0 Å². The molecule has 1 amide bonds. The van der Waals surface area contributed by atoms with E-state index in [1.165, 1.54) is 12.1 Å². The third kappa shape index (κ3) is 5.83. The van der Waals surface area contributed by atoms with Crippen LogP contribution in [0, 0.1) is 12.7 Å². The summed E-state index contributed by atoms with van der Waals surface area (Å²) in [6.07, 6.45) is 2.98. The van der Waals surface area contributed by atoms with Crippen LogP contribution in [0.3, 0.4) is 0 Å². The molecule has 0 aliphatic rings. The largest absolute Gasteiger partial charge is 0.381 e. The van der Waals surface area contributed by atoms with Gasteiger partial charge in [0.15, 0.2) is 0 Å². The minimum absolute atomic E-state index is 0.170. The van der Waals surface area contributed by atoms with Crippen molar-refractivity contribution >= 4 is 5.91 Å². The van der Waals surface area contributed by atoms with Gasteiger partial charge in [-0.3, -0.25) is 4.79 Å². The Morgan fingerprint density at radius 3 is 2.74 bits per heavy atom. The fourth-order valence-corrected chi connectivity index (χ4v) is 1.61. The molecule has 0 bridgehead atoms. The molecule has 0 saturated carbocycles. The monoisotopic (exact) mass is 267 g/mol. The van der Waals surface area contributed by atoms with E-state index in [-0.39, 0.29) is 11.7 Å². The summed E-state index contributed by atoms with van der Waals surface area (Å²) in [6, 6.07) is 4.37. The zero-order valence-electron chi connectivity index (χ0n) is 11.7. The number of carbonyl (C=O) groups excluding carboxylic acids is 1. The molecule has 4 heteroatoms. The molecule has 1 aromatic rings. The third-order valence-electron chi connectivity index (χ3n) is 2.81. The van der Waals surface area contributed by atoms with Crippen LogP contribution in [0.15, 0.2) is 18.2 Å². The van der Waals surface area contributed by atoms with Gasteiger partial charge < -0.3 is 10.1 Å². The predicted octanol–water partition coefficient (Wildman–Crippen LogP) is 3.07. The maximum Gasteiger partial charge on any atom is 0.251 e. The molecule has 0 aromatic heterocycles. The van der Waals surface area contributed by atoms with Gasteiger partial charge in [0.25, 0.3) is 5.91 Å². The van der Waals surface area contributed by atoms with Gasteiger partial charge in [0.1, 0.15) is 5.82 Å². The van der Waals surface area contributed by atoms with Crippen molar-refractivity contribution in [1.29, 1.82) is 0 Å². The Balaban J connectivity index is 2.22. The predicted molar refractivity (Wildman–Crippen MR) is 73.8 cm³/mol. The Hall–Kier alpha value is -1.42. The van der Waals surface area contributed by atoms with Crippen molar-refractivity contribution in [2.45, 2.75) is 33.1 Å². The highest BCUT2D eigenvalue weighted by Gasteiger charge is 2.06. The molecule has 1 rings (SSSR count). The van der Waals surface area contributed by atoms with Crippen molar-refractivity contribution in [3.63, 3.8) is 0 Å². The van der Waals surface area contributed by atoms with E-state index in [9.17, 15) is 9.18 Å². The summed E-state index contributed by atoms with van der Waals surface area (Å²) >= 11 is 0. The van der Waals surface area contributed by atoms with E-state index in [0.29, 0.717) is 24.3 Å². The maximum atomic E-state index is 13.1. The highest BCUT2D eigenvalue weighted by atomic mass is 19.1. The van der Waals surface area contributed by atoms with Crippen LogP contribution in [0.4, 0.5) is 4.39 Å². The smallest absolute Gasteiger partial charge is 0.251 e. The number of hydrogen-bond acceptors (Lipinski definition) is 2. The minimum Gasteiger partial charge on any atom is -0.381 e. The van der Waals surface area contributed by atoms with E-state index in [0.717, 1.165) is 25.9 Å². The van der Waals surface area contributed by atoms with Crippen LogP contribution >= 0.6 is 0 Å². The van der Waals surface area contributed by atoms with Crippen LogP contribution in [0.1, 0.15) is 42.1 Å². The molecule has 0 aliphatic carbocycles. The molecule has 0 unspecified atom stereocenters. The van der Waals surface area contributed by atoms with Crippen LogP contribution in [-0.2, 0) is 4.74 Å². The first-order valence-corrected chi connectivity index (χ1v) is 6.77. The molecule has 19 heavy (non-hydrogen) atoms. The second kappa shape index (κ2) is 8.64. The maximum absolute atomic E-state index is 13.1. The molecule has 106 valence electrons. The number of nitrogens with one attached hydrogen (secondary N) is 1.